The Morgan fingerprint density at radius 2 is 1.89 bits per heavy atom. The van der Waals surface area contributed by atoms with Crippen LogP contribution in [-0.2, 0) is 16.1 Å². The van der Waals surface area contributed by atoms with Gasteiger partial charge >= 0.3 is 0 Å². The third-order valence-corrected chi connectivity index (χ3v) is 7.88. The number of likely N-dealkylation sites (tertiary alicyclic amines) is 1. The van der Waals surface area contributed by atoms with Crippen molar-refractivity contribution in [2.75, 3.05) is 13.1 Å². The maximum Gasteiger partial charge on any atom is 0.261 e. The zero-order chi connectivity index (χ0) is 27.1. The molecule has 0 unspecified atom stereocenters. The van der Waals surface area contributed by atoms with Crippen LogP contribution in [0, 0.1) is 0 Å². The van der Waals surface area contributed by atoms with E-state index >= 15 is 0 Å². The predicted octanol–water partition coefficient (Wildman–Crippen LogP) is 3.16. The maximum atomic E-state index is 13.0. The molecule has 8 nitrogen and oxygen atoms in total. The van der Waals surface area contributed by atoms with Crippen molar-refractivity contribution >= 4 is 29.1 Å². The Morgan fingerprint density at radius 1 is 1.11 bits per heavy atom. The first kappa shape index (κ1) is 27.8. The predicted molar refractivity (Wildman–Crippen MR) is 147 cm³/mol. The molecule has 38 heavy (non-hydrogen) atoms. The van der Waals surface area contributed by atoms with Gasteiger partial charge in [-0.1, -0.05) is 49.4 Å². The summed E-state index contributed by atoms with van der Waals surface area (Å²) >= 11 is 1.39. The number of allylic oxidation sites excluding steroid dienone is 3. The molecule has 202 valence electrons. The minimum atomic E-state index is -1.86. The number of amides is 3. The van der Waals surface area contributed by atoms with Crippen molar-refractivity contribution in [1.29, 1.82) is 0 Å². The van der Waals surface area contributed by atoms with Gasteiger partial charge in [0.1, 0.15) is 0 Å². The molecule has 2 aromatic rings. The average molecular weight is 538 g/mol. The molecule has 4 rings (SSSR count). The monoisotopic (exact) mass is 537 g/mol. The van der Waals surface area contributed by atoms with Gasteiger partial charge in [-0.3, -0.25) is 14.4 Å². The third-order valence-electron chi connectivity index (χ3n) is 6.97. The fourth-order valence-electron chi connectivity index (χ4n) is 4.89. The summed E-state index contributed by atoms with van der Waals surface area (Å²) in [5, 5.41) is 28.3. The first-order valence-corrected chi connectivity index (χ1v) is 14.0. The SMILES string of the molecule is CCCNC(=O)c1sccc1-c1ccc(CNC(=O)[C@H](O)[C@@H](O)C(=O)N2CCC[C@@H]2C2=CC=CCC2)cc1. The van der Waals surface area contributed by atoms with Crippen molar-refractivity contribution in [2.45, 2.75) is 63.8 Å². The van der Waals surface area contributed by atoms with E-state index in [1.807, 2.05) is 54.8 Å². The Hall–Kier alpha value is -3.27. The van der Waals surface area contributed by atoms with E-state index in [0.29, 0.717) is 18.0 Å². The number of nitrogens with zero attached hydrogens (tertiary/aromatic N) is 1. The number of nitrogens with one attached hydrogen (secondary N) is 2. The summed E-state index contributed by atoms with van der Waals surface area (Å²) < 4.78 is 0. The number of aliphatic hydroxyl groups excluding tert-OH is 2. The Morgan fingerprint density at radius 3 is 2.61 bits per heavy atom. The van der Waals surface area contributed by atoms with Crippen LogP contribution in [0.15, 0.2) is 59.5 Å². The molecule has 9 heteroatoms. The van der Waals surface area contributed by atoms with Gasteiger partial charge in [-0.25, -0.2) is 0 Å². The van der Waals surface area contributed by atoms with Gasteiger partial charge in [0.15, 0.2) is 12.2 Å². The lowest BCUT2D eigenvalue weighted by Gasteiger charge is -2.30. The number of benzene rings is 1. The summed E-state index contributed by atoms with van der Waals surface area (Å²) in [6.45, 7) is 3.24. The van der Waals surface area contributed by atoms with E-state index in [2.05, 4.69) is 16.7 Å². The topological polar surface area (TPSA) is 119 Å². The van der Waals surface area contributed by atoms with Crippen LogP contribution in [0.1, 0.15) is 54.3 Å². The Balaban J connectivity index is 1.32. The lowest BCUT2D eigenvalue weighted by atomic mass is 9.95. The lowest BCUT2D eigenvalue weighted by Crippen LogP contribution is -2.52. The zero-order valence-corrected chi connectivity index (χ0v) is 22.4. The van der Waals surface area contributed by atoms with Crippen molar-refractivity contribution in [3.8, 4) is 11.1 Å². The molecule has 2 heterocycles. The van der Waals surface area contributed by atoms with Gasteiger partial charge in [0, 0.05) is 25.2 Å². The van der Waals surface area contributed by atoms with E-state index in [0.717, 1.165) is 54.4 Å². The third kappa shape index (κ3) is 6.40. The molecule has 1 aromatic heterocycles. The second-order valence-electron chi connectivity index (χ2n) is 9.62. The van der Waals surface area contributed by atoms with Crippen LogP contribution in [0.5, 0.6) is 0 Å². The molecule has 4 N–H and O–H groups in total. The van der Waals surface area contributed by atoms with Gasteiger partial charge in [-0.2, -0.15) is 0 Å². The Bertz CT molecular complexity index is 1200. The van der Waals surface area contributed by atoms with E-state index in [-0.39, 0.29) is 18.5 Å². The molecule has 2 aliphatic rings. The van der Waals surface area contributed by atoms with Gasteiger partial charge in [-0.15, -0.1) is 11.3 Å². The highest BCUT2D eigenvalue weighted by atomic mass is 32.1. The van der Waals surface area contributed by atoms with Crippen LogP contribution in [0.3, 0.4) is 0 Å². The van der Waals surface area contributed by atoms with E-state index < -0.39 is 24.0 Å². The van der Waals surface area contributed by atoms with Gasteiger partial charge in [0.05, 0.1) is 10.9 Å². The average Bonchev–Trinajstić information content (AvgIpc) is 3.65. The molecule has 0 saturated carbocycles. The van der Waals surface area contributed by atoms with E-state index in [1.54, 1.807) is 4.90 Å². The van der Waals surface area contributed by atoms with Crippen LogP contribution in [0.2, 0.25) is 0 Å². The minimum Gasteiger partial charge on any atom is -0.380 e. The highest BCUT2D eigenvalue weighted by Crippen LogP contribution is 2.30. The second-order valence-corrected chi connectivity index (χ2v) is 10.5. The van der Waals surface area contributed by atoms with Crippen LogP contribution in [0.4, 0.5) is 0 Å². The number of hydrogen-bond donors (Lipinski definition) is 4. The van der Waals surface area contributed by atoms with E-state index in [9.17, 15) is 24.6 Å². The van der Waals surface area contributed by atoms with Crippen molar-refractivity contribution in [1.82, 2.24) is 15.5 Å². The van der Waals surface area contributed by atoms with Crippen LogP contribution in [-0.4, -0.2) is 64.2 Å². The number of carbonyl (C=O) groups is 3. The van der Waals surface area contributed by atoms with E-state index in [4.69, 9.17) is 0 Å². The molecular weight excluding hydrogens is 502 g/mol. The summed E-state index contributed by atoms with van der Waals surface area (Å²) in [7, 11) is 0. The molecule has 3 amide bonds. The lowest BCUT2D eigenvalue weighted by molar-refractivity contribution is -0.153. The molecule has 1 fully saturated rings. The van der Waals surface area contributed by atoms with Gasteiger partial charge in [0.25, 0.3) is 17.7 Å². The molecule has 1 aromatic carbocycles. The van der Waals surface area contributed by atoms with Gasteiger partial charge in [0.2, 0.25) is 0 Å². The first-order valence-electron chi connectivity index (χ1n) is 13.2. The molecule has 0 bridgehead atoms. The zero-order valence-electron chi connectivity index (χ0n) is 21.6. The van der Waals surface area contributed by atoms with Gasteiger partial charge < -0.3 is 25.7 Å². The maximum absolute atomic E-state index is 13.0. The van der Waals surface area contributed by atoms with Crippen molar-refractivity contribution < 1.29 is 24.6 Å². The van der Waals surface area contributed by atoms with Crippen LogP contribution >= 0.6 is 11.3 Å². The highest BCUT2D eigenvalue weighted by molar-refractivity contribution is 7.12. The Labute approximate surface area is 227 Å². The fraction of sp³-hybridized carbons (Fsp3) is 0.414. The van der Waals surface area contributed by atoms with Crippen LogP contribution in [0.25, 0.3) is 11.1 Å². The molecule has 1 aliphatic heterocycles. The molecule has 0 radical (unpaired) electrons. The summed E-state index contributed by atoms with van der Waals surface area (Å²) in [6.07, 6.45) is 6.66. The summed E-state index contributed by atoms with van der Waals surface area (Å²) in [5.74, 6) is -1.52. The molecule has 3 atom stereocenters. The Kier molecular flexibility index (Phi) is 9.49. The van der Waals surface area contributed by atoms with Crippen molar-refractivity contribution in [2.24, 2.45) is 0 Å². The van der Waals surface area contributed by atoms with Crippen molar-refractivity contribution in [3.63, 3.8) is 0 Å². The largest absolute Gasteiger partial charge is 0.380 e. The fourth-order valence-corrected chi connectivity index (χ4v) is 5.72. The molecule has 1 aliphatic carbocycles. The summed E-state index contributed by atoms with van der Waals surface area (Å²) in [4.78, 5) is 40.2. The minimum absolute atomic E-state index is 0.0946. The molecule has 0 spiro atoms. The normalized spacial score (nSPS) is 18.6. The first-order chi connectivity index (χ1) is 18.4. The number of rotatable bonds is 10. The quantitative estimate of drug-likeness (QED) is 0.371. The number of carbonyl (C=O) groups excluding carboxylic acids is 3. The van der Waals surface area contributed by atoms with Gasteiger partial charge in [-0.05, 0) is 60.3 Å². The number of aliphatic hydroxyl groups is 2. The summed E-state index contributed by atoms with van der Waals surface area (Å²) in [6, 6.07) is 9.21. The number of hydrogen-bond acceptors (Lipinski definition) is 6. The molecular formula is C29H35N3O5S. The number of thiophene rings is 1. The molecule has 1 saturated heterocycles. The second kappa shape index (κ2) is 13.0. The van der Waals surface area contributed by atoms with E-state index in [1.165, 1.54) is 11.3 Å². The standard InChI is InChI=1S/C29H35N3O5S/c1-2-15-30-28(36)26-22(14-17-38-26)20-12-10-19(11-13-20)18-31-27(35)24(33)25(34)29(37)32-16-6-9-23(32)21-7-4-3-5-8-21/h3-4,7,10-14,17,23-25,33-34H,2,5-6,8-9,15-16,18H2,1H3,(H,30,36)(H,31,35)/t23-,24-,25-/m1/s1. The smallest absolute Gasteiger partial charge is 0.261 e. The highest BCUT2D eigenvalue weighted by Gasteiger charge is 2.39. The van der Waals surface area contributed by atoms with Crippen LogP contribution < -0.4 is 10.6 Å². The summed E-state index contributed by atoms with van der Waals surface area (Å²) in [5.41, 5.74) is 3.65. The van der Waals surface area contributed by atoms with Crippen molar-refractivity contribution in [3.05, 3.63) is 70.0 Å².